The zero-order chi connectivity index (χ0) is 18.0. The number of fused-ring (bicyclic) bond motifs is 1. The van der Waals surface area contributed by atoms with Crippen molar-refractivity contribution < 1.29 is 9.18 Å². The van der Waals surface area contributed by atoms with Crippen LogP contribution >= 0.6 is 0 Å². The smallest absolute Gasteiger partial charge is 0.245 e. The summed E-state index contributed by atoms with van der Waals surface area (Å²) in [6.07, 6.45) is 2.12. The number of anilines is 1. The van der Waals surface area contributed by atoms with Crippen LogP contribution in [-0.2, 0) is 17.8 Å². The lowest BCUT2D eigenvalue weighted by molar-refractivity contribution is -0.131. The summed E-state index contributed by atoms with van der Waals surface area (Å²) in [5.74, 6) is -0.218. The lowest BCUT2D eigenvalue weighted by Crippen LogP contribution is -2.47. The fourth-order valence-electron chi connectivity index (χ4n) is 3.60. The molecule has 0 spiro atoms. The number of likely N-dealkylation sites (N-methyl/N-ethyl adjacent to an activating group) is 1. The Balaban J connectivity index is 1.74. The molecule has 2 aromatic carbocycles. The van der Waals surface area contributed by atoms with Crippen molar-refractivity contribution in [3.63, 3.8) is 0 Å². The molecule has 1 atom stereocenters. The van der Waals surface area contributed by atoms with E-state index in [1.54, 1.807) is 18.0 Å². The molecule has 0 fully saturated rings. The maximum absolute atomic E-state index is 13.4. The van der Waals surface area contributed by atoms with E-state index in [9.17, 15) is 9.18 Å². The van der Waals surface area contributed by atoms with E-state index in [4.69, 9.17) is 0 Å². The second-order valence-corrected chi connectivity index (χ2v) is 6.93. The van der Waals surface area contributed by atoms with Gasteiger partial charge in [0, 0.05) is 25.8 Å². The quantitative estimate of drug-likeness (QED) is 0.842. The summed E-state index contributed by atoms with van der Waals surface area (Å²) in [6, 6.07) is 12.6. The van der Waals surface area contributed by atoms with Crippen molar-refractivity contribution in [1.82, 2.24) is 4.90 Å². The first-order chi connectivity index (χ1) is 12.0. The Labute approximate surface area is 149 Å². The molecule has 2 aromatic rings. The van der Waals surface area contributed by atoms with Gasteiger partial charge in [-0.2, -0.15) is 0 Å². The molecule has 0 bridgehead atoms. The molecule has 0 aromatic heterocycles. The van der Waals surface area contributed by atoms with E-state index in [0.717, 1.165) is 30.6 Å². The van der Waals surface area contributed by atoms with E-state index >= 15 is 0 Å². The molecule has 1 aliphatic rings. The van der Waals surface area contributed by atoms with Crippen LogP contribution in [0.3, 0.4) is 0 Å². The maximum atomic E-state index is 13.4. The molecule has 0 aliphatic carbocycles. The van der Waals surface area contributed by atoms with Gasteiger partial charge in [-0.25, -0.2) is 4.39 Å². The van der Waals surface area contributed by atoms with Gasteiger partial charge in [0.05, 0.1) is 0 Å². The molecule has 3 rings (SSSR count). The van der Waals surface area contributed by atoms with E-state index in [2.05, 4.69) is 30.0 Å². The second-order valence-electron chi connectivity index (χ2n) is 6.93. The first kappa shape index (κ1) is 17.5. The summed E-state index contributed by atoms with van der Waals surface area (Å²) < 4.78 is 13.4. The number of halogens is 1. The van der Waals surface area contributed by atoms with Gasteiger partial charge in [0.2, 0.25) is 5.91 Å². The highest BCUT2D eigenvalue weighted by molar-refractivity contribution is 5.85. The minimum absolute atomic E-state index is 0.0534. The number of amides is 1. The summed E-state index contributed by atoms with van der Waals surface area (Å²) in [5, 5.41) is 0. The predicted molar refractivity (Wildman–Crippen MR) is 99.2 cm³/mol. The SMILES string of the molecule is Cc1ccc2c(c1)CCCN2C(C)C(=O)N(C)Cc1cccc(F)c1. The van der Waals surface area contributed by atoms with Crippen LogP contribution in [0.5, 0.6) is 0 Å². The van der Waals surface area contributed by atoms with Crippen molar-refractivity contribution >= 4 is 11.6 Å². The van der Waals surface area contributed by atoms with Gasteiger partial charge in [-0.15, -0.1) is 0 Å². The molecular formula is C21H25FN2O. The minimum atomic E-state index is -0.272. The summed E-state index contributed by atoms with van der Waals surface area (Å²) in [6.45, 7) is 5.35. The number of hydrogen-bond donors (Lipinski definition) is 0. The van der Waals surface area contributed by atoms with Crippen LogP contribution in [0, 0.1) is 12.7 Å². The number of nitrogens with zero attached hydrogens (tertiary/aromatic N) is 2. The summed E-state index contributed by atoms with van der Waals surface area (Å²) in [4.78, 5) is 16.8. The highest BCUT2D eigenvalue weighted by Crippen LogP contribution is 2.30. The zero-order valence-electron chi connectivity index (χ0n) is 15.1. The molecule has 1 unspecified atom stereocenters. The van der Waals surface area contributed by atoms with Crippen LogP contribution in [0.25, 0.3) is 0 Å². The Bertz CT molecular complexity index is 774. The number of carbonyl (C=O) groups excluding carboxylic acids is 1. The van der Waals surface area contributed by atoms with Crippen molar-refractivity contribution in [3.8, 4) is 0 Å². The van der Waals surface area contributed by atoms with Gasteiger partial charge in [0.1, 0.15) is 11.9 Å². The summed E-state index contributed by atoms with van der Waals surface area (Å²) in [7, 11) is 1.78. The van der Waals surface area contributed by atoms with E-state index in [0.29, 0.717) is 6.54 Å². The number of aryl methyl sites for hydroxylation is 2. The average molecular weight is 340 g/mol. The standard InChI is InChI=1S/C21H25FN2O/c1-15-9-10-20-18(12-15)7-5-11-24(20)16(2)21(25)23(3)14-17-6-4-8-19(22)13-17/h4,6,8-10,12-13,16H,5,7,11,14H2,1-3H3. The third-order valence-corrected chi connectivity index (χ3v) is 4.90. The van der Waals surface area contributed by atoms with Crippen molar-refractivity contribution in [2.75, 3.05) is 18.5 Å². The van der Waals surface area contributed by atoms with E-state index in [1.165, 1.54) is 23.3 Å². The highest BCUT2D eigenvalue weighted by atomic mass is 19.1. The van der Waals surface area contributed by atoms with Crippen LogP contribution in [0.15, 0.2) is 42.5 Å². The highest BCUT2D eigenvalue weighted by Gasteiger charge is 2.28. The number of benzene rings is 2. The molecular weight excluding hydrogens is 315 g/mol. The molecule has 3 nitrogen and oxygen atoms in total. The van der Waals surface area contributed by atoms with Crippen LogP contribution < -0.4 is 4.90 Å². The molecule has 25 heavy (non-hydrogen) atoms. The Morgan fingerprint density at radius 3 is 2.84 bits per heavy atom. The average Bonchev–Trinajstić information content (AvgIpc) is 2.59. The lowest BCUT2D eigenvalue weighted by atomic mass is 9.98. The Morgan fingerprint density at radius 2 is 2.08 bits per heavy atom. The summed E-state index contributed by atoms with van der Waals surface area (Å²) >= 11 is 0. The van der Waals surface area contributed by atoms with Crippen LogP contribution in [0.4, 0.5) is 10.1 Å². The zero-order valence-corrected chi connectivity index (χ0v) is 15.1. The van der Waals surface area contributed by atoms with Crippen molar-refractivity contribution in [1.29, 1.82) is 0 Å². The number of carbonyl (C=O) groups is 1. The second kappa shape index (κ2) is 7.26. The number of rotatable bonds is 4. The molecule has 1 heterocycles. The lowest BCUT2D eigenvalue weighted by Gasteiger charge is -2.37. The molecule has 4 heteroatoms. The predicted octanol–water partition coefficient (Wildman–Crippen LogP) is 3.93. The minimum Gasteiger partial charge on any atom is -0.360 e. The van der Waals surface area contributed by atoms with Gasteiger partial charge < -0.3 is 9.80 Å². The largest absolute Gasteiger partial charge is 0.360 e. The maximum Gasteiger partial charge on any atom is 0.245 e. The fraction of sp³-hybridized carbons (Fsp3) is 0.381. The van der Waals surface area contributed by atoms with Crippen molar-refractivity contribution in [3.05, 3.63) is 65.0 Å². The van der Waals surface area contributed by atoms with Gasteiger partial charge >= 0.3 is 0 Å². The molecule has 132 valence electrons. The molecule has 0 saturated carbocycles. The first-order valence-electron chi connectivity index (χ1n) is 8.81. The molecule has 0 saturated heterocycles. The Kier molecular flexibility index (Phi) is 5.07. The third-order valence-electron chi connectivity index (χ3n) is 4.90. The topological polar surface area (TPSA) is 23.6 Å². The monoisotopic (exact) mass is 340 g/mol. The van der Waals surface area contributed by atoms with Crippen LogP contribution in [-0.4, -0.2) is 30.4 Å². The van der Waals surface area contributed by atoms with Crippen LogP contribution in [0.1, 0.15) is 30.0 Å². The Morgan fingerprint density at radius 1 is 1.28 bits per heavy atom. The number of hydrogen-bond acceptors (Lipinski definition) is 2. The van der Waals surface area contributed by atoms with Gasteiger partial charge in [0.15, 0.2) is 0 Å². The van der Waals surface area contributed by atoms with E-state index < -0.39 is 0 Å². The van der Waals surface area contributed by atoms with Gasteiger partial charge in [-0.05, 0) is 56.0 Å². The normalized spacial score (nSPS) is 14.8. The first-order valence-corrected chi connectivity index (χ1v) is 8.81. The molecule has 1 amide bonds. The summed E-state index contributed by atoms with van der Waals surface area (Å²) in [5.41, 5.74) is 4.54. The van der Waals surface area contributed by atoms with Gasteiger partial charge in [0.25, 0.3) is 0 Å². The molecule has 0 radical (unpaired) electrons. The fourth-order valence-corrected chi connectivity index (χ4v) is 3.60. The van der Waals surface area contributed by atoms with Gasteiger partial charge in [-0.1, -0.05) is 29.8 Å². The van der Waals surface area contributed by atoms with Crippen molar-refractivity contribution in [2.45, 2.75) is 39.3 Å². The molecule has 1 aliphatic heterocycles. The van der Waals surface area contributed by atoms with E-state index in [-0.39, 0.29) is 17.8 Å². The van der Waals surface area contributed by atoms with Gasteiger partial charge in [-0.3, -0.25) is 4.79 Å². The van der Waals surface area contributed by atoms with Crippen LogP contribution in [0.2, 0.25) is 0 Å². The van der Waals surface area contributed by atoms with Crippen molar-refractivity contribution in [2.24, 2.45) is 0 Å². The third kappa shape index (κ3) is 3.84. The Hall–Kier alpha value is -2.36. The van der Waals surface area contributed by atoms with E-state index in [1.807, 2.05) is 13.0 Å². The molecule has 0 N–H and O–H groups in total.